The van der Waals surface area contributed by atoms with Crippen molar-refractivity contribution in [2.45, 2.75) is 20.8 Å². The number of carbonyl (C=O) groups is 1. The Morgan fingerprint density at radius 3 is 2.67 bits per heavy atom. The van der Waals surface area contributed by atoms with Crippen molar-refractivity contribution < 1.29 is 9.53 Å². The van der Waals surface area contributed by atoms with Gasteiger partial charge in [-0.05, 0) is 32.4 Å². The van der Waals surface area contributed by atoms with Crippen molar-refractivity contribution in [1.82, 2.24) is 4.98 Å². The zero-order valence-electron chi connectivity index (χ0n) is 9.28. The fourth-order valence-corrected chi connectivity index (χ4v) is 1.15. The number of hydrogen-bond donors (Lipinski definition) is 0. The summed E-state index contributed by atoms with van der Waals surface area (Å²) in [6, 6.07) is 3.53. The number of hydrogen-bond acceptors (Lipinski definition) is 3. The van der Waals surface area contributed by atoms with Crippen molar-refractivity contribution in [2.75, 3.05) is 6.61 Å². The second-order valence-electron chi connectivity index (χ2n) is 3.42. The third-order valence-corrected chi connectivity index (χ3v) is 1.73. The first-order valence-corrected chi connectivity index (χ1v) is 4.91. The molecule has 1 aromatic rings. The minimum absolute atomic E-state index is 0.350. The molecule has 0 aliphatic rings. The SMILES string of the molecule is CCOC(=O)c1ccc(C=C(C)C)cn1. The second kappa shape index (κ2) is 5.29. The van der Waals surface area contributed by atoms with Crippen molar-refractivity contribution in [1.29, 1.82) is 0 Å². The first-order valence-electron chi connectivity index (χ1n) is 4.91. The molecule has 0 saturated heterocycles. The Bertz CT molecular complexity index is 362. The molecule has 0 atom stereocenters. The van der Waals surface area contributed by atoms with Gasteiger partial charge in [0.05, 0.1) is 6.61 Å². The number of rotatable bonds is 3. The zero-order valence-corrected chi connectivity index (χ0v) is 9.28. The summed E-state index contributed by atoms with van der Waals surface area (Å²) in [5.74, 6) is -0.374. The highest BCUT2D eigenvalue weighted by molar-refractivity contribution is 5.87. The Labute approximate surface area is 89.8 Å². The minimum atomic E-state index is -0.374. The lowest BCUT2D eigenvalue weighted by atomic mass is 10.2. The largest absolute Gasteiger partial charge is 0.461 e. The van der Waals surface area contributed by atoms with Crippen LogP contribution in [0.15, 0.2) is 23.9 Å². The van der Waals surface area contributed by atoms with Gasteiger partial charge >= 0.3 is 5.97 Å². The molecular formula is C12H15NO2. The van der Waals surface area contributed by atoms with Crippen LogP contribution in [0.25, 0.3) is 6.08 Å². The molecule has 0 amide bonds. The summed E-state index contributed by atoms with van der Waals surface area (Å²) in [5.41, 5.74) is 2.53. The predicted molar refractivity (Wildman–Crippen MR) is 59.5 cm³/mol. The molecular weight excluding hydrogens is 190 g/mol. The van der Waals surface area contributed by atoms with Crippen LogP contribution in [0, 0.1) is 0 Å². The van der Waals surface area contributed by atoms with Gasteiger partial charge in [-0.25, -0.2) is 9.78 Å². The Balaban J connectivity index is 2.81. The molecule has 0 aliphatic heterocycles. The summed E-state index contributed by atoms with van der Waals surface area (Å²) < 4.78 is 4.83. The predicted octanol–water partition coefficient (Wildman–Crippen LogP) is 2.68. The van der Waals surface area contributed by atoms with Gasteiger partial charge in [-0.3, -0.25) is 0 Å². The van der Waals surface area contributed by atoms with E-state index in [1.54, 1.807) is 19.2 Å². The van der Waals surface area contributed by atoms with E-state index in [0.717, 1.165) is 5.56 Å². The molecule has 80 valence electrons. The molecule has 1 heterocycles. The summed E-state index contributed by atoms with van der Waals surface area (Å²) in [6.45, 7) is 6.17. The fraction of sp³-hybridized carbons (Fsp3) is 0.333. The summed E-state index contributed by atoms with van der Waals surface area (Å²) in [4.78, 5) is 15.3. The molecule has 0 aromatic carbocycles. The lowest BCUT2D eigenvalue weighted by Crippen LogP contribution is -2.06. The van der Waals surface area contributed by atoms with Crippen molar-refractivity contribution in [2.24, 2.45) is 0 Å². The van der Waals surface area contributed by atoms with E-state index in [2.05, 4.69) is 4.98 Å². The van der Waals surface area contributed by atoms with Gasteiger partial charge < -0.3 is 4.74 Å². The molecule has 1 aromatic heterocycles. The van der Waals surface area contributed by atoms with Gasteiger partial charge in [0.2, 0.25) is 0 Å². The van der Waals surface area contributed by atoms with Crippen molar-refractivity contribution in [3.05, 3.63) is 35.2 Å². The lowest BCUT2D eigenvalue weighted by molar-refractivity contribution is 0.0519. The van der Waals surface area contributed by atoms with Crippen molar-refractivity contribution in [3.63, 3.8) is 0 Å². The van der Waals surface area contributed by atoms with Crippen molar-refractivity contribution >= 4 is 12.0 Å². The van der Waals surface area contributed by atoms with Crippen LogP contribution < -0.4 is 0 Å². The van der Waals surface area contributed by atoms with E-state index in [4.69, 9.17) is 4.74 Å². The Morgan fingerprint density at radius 1 is 1.47 bits per heavy atom. The minimum Gasteiger partial charge on any atom is -0.461 e. The number of aromatic nitrogens is 1. The molecule has 3 nitrogen and oxygen atoms in total. The summed E-state index contributed by atoms with van der Waals surface area (Å²) >= 11 is 0. The molecule has 1 rings (SSSR count). The maximum atomic E-state index is 11.3. The lowest BCUT2D eigenvalue weighted by Gasteiger charge is -2.01. The van der Waals surface area contributed by atoms with E-state index >= 15 is 0 Å². The highest BCUT2D eigenvalue weighted by Crippen LogP contribution is 2.06. The molecule has 0 N–H and O–H groups in total. The van der Waals surface area contributed by atoms with Gasteiger partial charge in [0.1, 0.15) is 5.69 Å². The van der Waals surface area contributed by atoms with E-state index in [0.29, 0.717) is 12.3 Å². The van der Waals surface area contributed by atoms with Crippen LogP contribution in [-0.2, 0) is 4.74 Å². The molecule has 0 aliphatic carbocycles. The highest BCUT2D eigenvalue weighted by atomic mass is 16.5. The normalized spacial score (nSPS) is 9.53. The third-order valence-electron chi connectivity index (χ3n) is 1.73. The van der Waals surface area contributed by atoms with Crippen LogP contribution in [0.4, 0.5) is 0 Å². The van der Waals surface area contributed by atoms with Crippen LogP contribution in [-0.4, -0.2) is 17.6 Å². The van der Waals surface area contributed by atoms with Crippen molar-refractivity contribution in [3.8, 4) is 0 Å². The molecule has 3 heteroatoms. The maximum absolute atomic E-state index is 11.3. The van der Waals surface area contributed by atoms with Crippen LogP contribution in [0.2, 0.25) is 0 Å². The molecule has 0 radical (unpaired) electrons. The monoisotopic (exact) mass is 205 g/mol. The van der Waals surface area contributed by atoms with Gasteiger partial charge in [0.15, 0.2) is 0 Å². The van der Waals surface area contributed by atoms with Gasteiger partial charge in [0, 0.05) is 6.20 Å². The number of carbonyl (C=O) groups excluding carboxylic acids is 1. The third kappa shape index (κ3) is 3.54. The van der Waals surface area contributed by atoms with Gasteiger partial charge in [-0.2, -0.15) is 0 Å². The summed E-state index contributed by atoms with van der Waals surface area (Å²) in [7, 11) is 0. The highest BCUT2D eigenvalue weighted by Gasteiger charge is 2.06. The van der Waals surface area contributed by atoms with E-state index in [1.807, 2.05) is 26.0 Å². The molecule has 0 fully saturated rings. The van der Waals surface area contributed by atoms with E-state index in [-0.39, 0.29) is 5.97 Å². The van der Waals surface area contributed by atoms with Crippen LogP contribution in [0.5, 0.6) is 0 Å². The molecule has 0 bridgehead atoms. The van der Waals surface area contributed by atoms with E-state index in [9.17, 15) is 4.79 Å². The van der Waals surface area contributed by atoms with Crippen LogP contribution >= 0.6 is 0 Å². The van der Waals surface area contributed by atoms with E-state index < -0.39 is 0 Å². The Hall–Kier alpha value is -1.64. The first-order chi connectivity index (χ1) is 7.13. The molecule has 0 saturated carbocycles. The van der Waals surface area contributed by atoms with Gasteiger partial charge in [-0.1, -0.05) is 17.7 Å². The number of pyridine rings is 1. The number of nitrogens with zero attached hydrogens (tertiary/aromatic N) is 1. The average Bonchev–Trinajstić information content (AvgIpc) is 2.18. The quantitative estimate of drug-likeness (QED) is 0.712. The Kier molecular flexibility index (Phi) is 4.03. The summed E-state index contributed by atoms with van der Waals surface area (Å²) in [5, 5.41) is 0. The number of ether oxygens (including phenoxy) is 1. The fourth-order valence-electron chi connectivity index (χ4n) is 1.15. The summed E-state index contributed by atoms with van der Waals surface area (Å²) in [6.07, 6.45) is 3.67. The van der Waals surface area contributed by atoms with Gasteiger partial charge in [-0.15, -0.1) is 0 Å². The van der Waals surface area contributed by atoms with E-state index in [1.165, 1.54) is 5.57 Å². The number of allylic oxidation sites excluding steroid dienone is 1. The smallest absolute Gasteiger partial charge is 0.356 e. The van der Waals surface area contributed by atoms with Crippen LogP contribution in [0.3, 0.4) is 0 Å². The average molecular weight is 205 g/mol. The number of esters is 1. The topological polar surface area (TPSA) is 39.2 Å². The molecule has 0 unspecified atom stereocenters. The standard InChI is InChI=1S/C12H15NO2/c1-4-15-12(14)11-6-5-10(8-13-11)7-9(2)3/h5-8H,4H2,1-3H3. The first kappa shape index (κ1) is 11.4. The Morgan fingerprint density at radius 2 is 2.20 bits per heavy atom. The zero-order chi connectivity index (χ0) is 11.3. The molecule has 15 heavy (non-hydrogen) atoms. The maximum Gasteiger partial charge on any atom is 0.356 e. The second-order valence-corrected chi connectivity index (χ2v) is 3.42. The van der Waals surface area contributed by atoms with Crippen LogP contribution in [0.1, 0.15) is 36.8 Å². The molecule has 0 spiro atoms. The van der Waals surface area contributed by atoms with Gasteiger partial charge in [0.25, 0.3) is 0 Å².